The Bertz CT molecular complexity index is 668. The Hall–Kier alpha value is -1.83. The summed E-state index contributed by atoms with van der Waals surface area (Å²) in [6.45, 7) is 6.93. The largest absolute Gasteiger partial charge is 0.379 e. The van der Waals surface area contributed by atoms with Crippen molar-refractivity contribution in [3.63, 3.8) is 0 Å². The van der Waals surface area contributed by atoms with Gasteiger partial charge in [0.15, 0.2) is 0 Å². The van der Waals surface area contributed by atoms with Gasteiger partial charge in [-0.25, -0.2) is 4.98 Å². The summed E-state index contributed by atoms with van der Waals surface area (Å²) in [5, 5.41) is 3.86. The molecule has 2 aromatic heterocycles. The van der Waals surface area contributed by atoms with E-state index in [1.165, 1.54) is 0 Å². The molecule has 1 aliphatic rings. The quantitative estimate of drug-likeness (QED) is 0.859. The van der Waals surface area contributed by atoms with Crippen molar-refractivity contribution < 1.29 is 9.53 Å². The first-order chi connectivity index (χ1) is 11.7. The molecular weight excluding hydrogens is 324 g/mol. The van der Waals surface area contributed by atoms with Gasteiger partial charge in [-0.2, -0.15) is 0 Å². The van der Waals surface area contributed by atoms with E-state index < -0.39 is 0 Å². The number of amides is 1. The highest BCUT2D eigenvalue weighted by Gasteiger charge is 2.14. The maximum Gasteiger partial charge on any atom is 0.225 e. The summed E-state index contributed by atoms with van der Waals surface area (Å²) in [5.41, 5.74) is 1.76. The summed E-state index contributed by atoms with van der Waals surface area (Å²) < 4.78 is 5.32. The molecule has 3 rings (SSSR count). The van der Waals surface area contributed by atoms with Crippen molar-refractivity contribution in [1.29, 1.82) is 0 Å². The number of carbonyl (C=O) groups is 1. The zero-order valence-corrected chi connectivity index (χ0v) is 14.6. The number of nitrogens with zero attached hydrogens (tertiary/aromatic N) is 3. The second-order valence-corrected chi connectivity index (χ2v) is 6.81. The third kappa shape index (κ3) is 4.59. The van der Waals surface area contributed by atoms with Gasteiger partial charge in [0.2, 0.25) is 5.91 Å². The minimum absolute atomic E-state index is 0.0441. The van der Waals surface area contributed by atoms with E-state index in [0.29, 0.717) is 13.0 Å². The lowest BCUT2D eigenvalue weighted by molar-refractivity contribution is -0.120. The van der Waals surface area contributed by atoms with Crippen molar-refractivity contribution in [3.8, 4) is 10.7 Å². The van der Waals surface area contributed by atoms with Crippen LogP contribution in [0, 0.1) is 6.92 Å². The third-order valence-electron chi connectivity index (χ3n) is 3.95. The van der Waals surface area contributed by atoms with Gasteiger partial charge in [0.25, 0.3) is 0 Å². The van der Waals surface area contributed by atoms with E-state index in [2.05, 4.69) is 20.2 Å². The number of carbonyl (C=O) groups excluding carboxylic acids is 1. The number of nitrogens with one attached hydrogen (secondary N) is 1. The molecule has 0 aromatic carbocycles. The number of thiazole rings is 1. The Kier molecular flexibility index (Phi) is 5.90. The minimum Gasteiger partial charge on any atom is -0.379 e. The number of ether oxygens (including phenoxy) is 1. The highest BCUT2D eigenvalue weighted by Crippen LogP contribution is 2.26. The van der Waals surface area contributed by atoms with E-state index in [1.54, 1.807) is 17.5 Å². The maximum absolute atomic E-state index is 12.2. The molecule has 3 heterocycles. The first-order valence-corrected chi connectivity index (χ1v) is 8.98. The predicted molar refractivity (Wildman–Crippen MR) is 94.1 cm³/mol. The molecule has 6 nitrogen and oxygen atoms in total. The molecule has 0 aliphatic carbocycles. The molecule has 1 aliphatic heterocycles. The minimum atomic E-state index is 0.0441. The Morgan fingerprint density at radius 1 is 1.38 bits per heavy atom. The van der Waals surface area contributed by atoms with Crippen molar-refractivity contribution in [1.82, 2.24) is 20.2 Å². The highest BCUT2D eigenvalue weighted by molar-refractivity contribution is 7.15. The zero-order valence-electron chi connectivity index (χ0n) is 13.8. The molecule has 0 saturated carbocycles. The Labute approximate surface area is 145 Å². The second-order valence-electron chi connectivity index (χ2n) is 5.72. The molecule has 128 valence electrons. The molecule has 0 spiro atoms. The topological polar surface area (TPSA) is 67.4 Å². The van der Waals surface area contributed by atoms with E-state index in [-0.39, 0.29) is 5.91 Å². The van der Waals surface area contributed by atoms with Gasteiger partial charge in [-0.05, 0) is 19.1 Å². The number of morpholine rings is 1. The van der Waals surface area contributed by atoms with E-state index >= 15 is 0 Å². The van der Waals surface area contributed by atoms with E-state index in [0.717, 1.165) is 54.1 Å². The van der Waals surface area contributed by atoms with Gasteiger partial charge in [0.1, 0.15) is 5.01 Å². The fraction of sp³-hybridized carbons (Fsp3) is 0.471. The average Bonchev–Trinajstić information content (AvgIpc) is 2.97. The molecule has 2 aromatic rings. The van der Waals surface area contributed by atoms with Crippen LogP contribution in [0.25, 0.3) is 10.7 Å². The van der Waals surface area contributed by atoms with Crippen LogP contribution in [0.4, 0.5) is 0 Å². The lowest BCUT2D eigenvalue weighted by Crippen LogP contribution is -2.41. The number of pyridine rings is 1. The summed E-state index contributed by atoms with van der Waals surface area (Å²) in [6.07, 6.45) is 2.13. The van der Waals surface area contributed by atoms with Crippen molar-refractivity contribution >= 4 is 17.2 Å². The number of aromatic nitrogens is 2. The van der Waals surface area contributed by atoms with Crippen LogP contribution in [0.5, 0.6) is 0 Å². The number of hydrogen-bond acceptors (Lipinski definition) is 6. The van der Waals surface area contributed by atoms with Crippen LogP contribution in [0.1, 0.15) is 10.6 Å². The first-order valence-electron chi connectivity index (χ1n) is 8.17. The molecule has 1 fully saturated rings. The van der Waals surface area contributed by atoms with Crippen LogP contribution in [-0.4, -0.2) is 60.2 Å². The van der Waals surface area contributed by atoms with Crippen LogP contribution in [0.15, 0.2) is 24.4 Å². The van der Waals surface area contributed by atoms with Gasteiger partial charge >= 0.3 is 0 Å². The van der Waals surface area contributed by atoms with E-state index in [1.807, 2.05) is 25.1 Å². The molecule has 0 unspecified atom stereocenters. The molecular formula is C17H22N4O2S. The Morgan fingerprint density at radius 2 is 2.21 bits per heavy atom. The molecule has 7 heteroatoms. The number of rotatable bonds is 6. The van der Waals surface area contributed by atoms with Crippen molar-refractivity contribution in [3.05, 3.63) is 35.0 Å². The molecule has 1 saturated heterocycles. The Balaban J connectivity index is 1.50. The summed E-state index contributed by atoms with van der Waals surface area (Å²) >= 11 is 1.54. The van der Waals surface area contributed by atoms with Gasteiger partial charge in [-0.15, -0.1) is 11.3 Å². The van der Waals surface area contributed by atoms with Crippen LogP contribution < -0.4 is 5.32 Å². The molecule has 1 N–H and O–H groups in total. The van der Waals surface area contributed by atoms with Crippen LogP contribution in [0.3, 0.4) is 0 Å². The van der Waals surface area contributed by atoms with Crippen molar-refractivity contribution in [2.75, 3.05) is 39.4 Å². The van der Waals surface area contributed by atoms with Gasteiger partial charge in [0.05, 0.1) is 31.0 Å². The van der Waals surface area contributed by atoms with E-state index in [9.17, 15) is 4.79 Å². The predicted octanol–water partition coefficient (Wildman–Crippen LogP) is 1.50. The van der Waals surface area contributed by atoms with Crippen LogP contribution in [0.2, 0.25) is 0 Å². The van der Waals surface area contributed by atoms with Gasteiger partial charge in [-0.1, -0.05) is 6.07 Å². The summed E-state index contributed by atoms with van der Waals surface area (Å²) in [7, 11) is 0. The van der Waals surface area contributed by atoms with E-state index in [4.69, 9.17) is 4.74 Å². The van der Waals surface area contributed by atoms with Crippen molar-refractivity contribution in [2.24, 2.45) is 0 Å². The smallest absolute Gasteiger partial charge is 0.225 e. The third-order valence-corrected chi connectivity index (χ3v) is 5.13. The number of hydrogen-bond donors (Lipinski definition) is 1. The molecule has 0 atom stereocenters. The average molecular weight is 346 g/mol. The highest BCUT2D eigenvalue weighted by atomic mass is 32.1. The molecule has 24 heavy (non-hydrogen) atoms. The van der Waals surface area contributed by atoms with Crippen LogP contribution >= 0.6 is 11.3 Å². The SMILES string of the molecule is Cc1nc(-c2ccccn2)sc1CC(=O)NCCN1CCOCC1. The first kappa shape index (κ1) is 17.0. The lowest BCUT2D eigenvalue weighted by Gasteiger charge is -2.26. The van der Waals surface area contributed by atoms with Gasteiger partial charge in [-0.3, -0.25) is 14.7 Å². The fourth-order valence-electron chi connectivity index (χ4n) is 2.58. The second kappa shape index (κ2) is 8.32. The van der Waals surface area contributed by atoms with Crippen LogP contribution in [-0.2, 0) is 16.0 Å². The monoisotopic (exact) mass is 346 g/mol. The molecule has 1 amide bonds. The standard InChI is InChI=1S/C17H22N4O2S/c1-13-15(24-17(20-13)14-4-2-3-5-18-14)12-16(22)19-6-7-21-8-10-23-11-9-21/h2-5H,6-12H2,1H3,(H,19,22). The summed E-state index contributed by atoms with van der Waals surface area (Å²) in [6, 6.07) is 5.76. The van der Waals surface area contributed by atoms with Gasteiger partial charge < -0.3 is 10.1 Å². The van der Waals surface area contributed by atoms with Gasteiger partial charge in [0, 0.05) is 37.3 Å². The maximum atomic E-state index is 12.2. The Morgan fingerprint density at radius 3 is 2.96 bits per heavy atom. The van der Waals surface area contributed by atoms with Crippen molar-refractivity contribution in [2.45, 2.75) is 13.3 Å². The molecule has 0 radical (unpaired) electrons. The zero-order chi connectivity index (χ0) is 16.8. The normalized spacial score (nSPS) is 15.4. The lowest BCUT2D eigenvalue weighted by atomic mass is 10.3. The summed E-state index contributed by atoms with van der Waals surface area (Å²) in [5.74, 6) is 0.0441. The summed E-state index contributed by atoms with van der Waals surface area (Å²) in [4.78, 5) is 24.3. The fourth-order valence-corrected chi connectivity index (χ4v) is 3.62. The number of aryl methyl sites for hydroxylation is 1. The molecule has 0 bridgehead atoms.